The molecule has 1 fully saturated rings. The number of carbonyl (C=O) groups is 1. The van der Waals surface area contributed by atoms with Gasteiger partial charge in [-0.15, -0.1) is 0 Å². The normalized spacial score (nSPS) is 22.6. The van der Waals surface area contributed by atoms with Crippen LogP contribution in [0.3, 0.4) is 0 Å². The first-order chi connectivity index (χ1) is 11.7. The third kappa shape index (κ3) is 4.99. The van der Waals surface area contributed by atoms with Crippen molar-refractivity contribution in [2.75, 3.05) is 13.1 Å². The second-order valence-electron chi connectivity index (χ2n) is 6.86. The summed E-state index contributed by atoms with van der Waals surface area (Å²) in [6.07, 6.45) is 0.943. The summed E-state index contributed by atoms with van der Waals surface area (Å²) in [6.45, 7) is 7.10. The van der Waals surface area contributed by atoms with Crippen LogP contribution in [0, 0.1) is 17.7 Å². The van der Waals surface area contributed by atoms with Crippen molar-refractivity contribution < 1.29 is 17.6 Å². The van der Waals surface area contributed by atoms with E-state index < -0.39 is 32.7 Å². The van der Waals surface area contributed by atoms with Crippen molar-refractivity contribution in [3.63, 3.8) is 0 Å². The van der Waals surface area contributed by atoms with Crippen molar-refractivity contribution in [1.29, 1.82) is 0 Å². The van der Waals surface area contributed by atoms with Gasteiger partial charge in [-0.1, -0.05) is 32.9 Å². The molecule has 0 saturated carbocycles. The van der Waals surface area contributed by atoms with E-state index in [1.54, 1.807) is 13.8 Å². The Hall–Kier alpha value is -1.51. The van der Waals surface area contributed by atoms with Crippen molar-refractivity contribution in [2.24, 2.45) is 11.8 Å². The van der Waals surface area contributed by atoms with Crippen molar-refractivity contribution in [3.8, 4) is 0 Å². The molecule has 0 bridgehead atoms. The number of rotatable bonds is 6. The Bertz CT molecular complexity index is 709. The molecule has 25 heavy (non-hydrogen) atoms. The first kappa shape index (κ1) is 19.8. The lowest BCUT2D eigenvalue weighted by atomic mass is 9.94. The summed E-state index contributed by atoms with van der Waals surface area (Å²) in [7, 11) is -4.14. The van der Waals surface area contributed by atoms with E-state index in [1.165, 1.54) is 18.2 Å². The number of hydrogen-bond acceptors (Lipinski definition) is 4. The predicted octanol–water partition coefficient (Wildman–Crippen LogP) is 1.24. The summed E-state index contributed by atoms with van der Waals surface area (Å²) in [4.78, 5) is 12.2. The highest BCUT2D eigenvalue weighted by Crippen LogP contribution is 2.16. The molecular weight excluding hydrogens is 345 g/mol. The first-order valence-corrected chi connectivity index (χ1v) is 9.98. The van der Waals surface area contributed by atoms with Gasteiger partial charge in [-0.3, -0.25) is 4.79 Å². The fraction of sp³-hybridized carbons (Fsp3) is 0.588. The molecule has 3 atom stereocenters. The van der Waals surface area contributed by atoms with Crippen LogP contribution in [-0.2, 0) is 14.8 Å². The zero-order valence-electron chi connectivity index (χ0n) is 14.8. The van der Waals surface area contributed by atoms with Gasteiger partial charge < -0.3 is 10.6 Å². The molecule has 3 unspecified atom stereocenters. The van der Waals surface area contributed by atoms with Crippen LogP contribution in [-0.4, -0.2) is 39.5 Å². The topological polar surface area (TPSA) is 87.3 Å². The molecule has 1 aromatic carbocycles. The van der Waals surface area contributed by atoms with Gasteiger partial charge in [0, 0.05) is 12.6 Å². The van der Waals surface area contributed by atoms with Gasteiger partial charge in [0.05, 0.1) is 0 Å². The molecule has 1 aromatic rings. The number of amides is 1. The van der Waals surface area contributed by atoms with Gasteiger partial charge in [0.15, 0.2) is 0 Å². The van der Waals surface area contributed by atoms with E-state index in [0.717, 1.165) is 19.0 Å². The molecule has 1 amide bonds. The van der Waals surface area contributed by atoms with Crippen molar-refractivity contribution in [1.82, 2.24) is 15.4 Å². The Balaban J connectivity index is 2.15. The molecular formula is C17H26FN3O3S. The zero-order chi connectivity index (χ0) is 18.6. The molecule has 2 rings (SSSR count). The molecule has 1 aliphatic heterocycles. The van der Waals surface area contributed by atoms with E-state index in [2.05, 4.69) is 22.3 Å². The second kappa shape index (κ2) is 8.25. The highest BCUT2D eigenvalue weighted by atomic mass is 32.2. The van der Waals surface area contributed by atoms with Crippen LogP contribution in [0.4, 0.5) is 4.39 Å². The number of nitrogens with one attached hydrogen (secondary N) is 3. The Kier molecular flexibility index (Phi) is 6.53. The van der Waals surface area contributed by atoms with Gasteiger partial charge in [-0.05, 0) is 36.9 Å². The Morgan fingerprint density at radius 1 is 1.32 bits per heavy atom. The van der Waals surface area contributed by atoms with Crippen LogP contribution in [0.25, 0.3) is 0 Å². The number of halogens is 1. The molecule has 0 aliphatic carbocycles. The smallest absolute Gasteiger partial charge is 0.244 e. The minimum atomic E-state index is -4.14. The molecule has 0 radical (unpaired) electrons. The van der Waals surface area contributed by atoms with Crippen LogP contribution in [0.15, 0.2) is 29.2 Å². The van der Waals surface area contributed by atoms with Crippen molar-refractivity contribution in [3.05, 3.63) is 30.1 Å². The SMILES string of the molecule is CC(C)C(NS(=O)(=O)c1ccccc1F)C(=O)NC1CNCCC1C. The first-order valence-electron chi connectivity index (χ1n) is 8.50. The molecule has 0 spiro atoms. The van der Waals surface area contributed by atoms with Crippen molar-refractivity contribution in [2.45, 2.75) is 44.2 Å². The molecule has 1 heterocycles. The minimum Gasteiger partial charge on any atom is -0.350 e. The van der Waals surface area contributed by atoms with E-state index in [-0.39, 0.29) is 12.0 Å². The van der Waals surface area contributed by atoms with E-state index >= 15 is 0 Å². The Morgan fingerprint density at radius 2 is 2.00 bits per heavy atom. The number of carbonyl (C=O) groups excluding carboxylic acids is 1. The Morgan fingerprint density at radius 3 is 2.60 bits per heavy atom. The van der Waals surface area contributed by atoms with Crippen LogP contribution in [0.1, 0.15) is 27.2 Å². The molecule has 140 valence electrons. The summed E-state index contributed by atoms with van der Waals surface area (Å²) < 4.78 is 41.2. The lowest BCUT2D eigenvalue weighted by Gasteiger charge is -2.32. The average molecular weight is 371 g/mol. The lowest BCUT2D eigenvalue weighted by molar-refractivity contribution is -0.124. The Labute approximate surface area is 148 Å². The molecule has 0 aromatic heterocycles. The third-order valence-corrected chi connectivity index (χ3v) is 5.99. The van der Waals surface area contributed by atoms with Gasteiger partial charge in [0.2, 0.25) is 15.9 Å². The number of piperidine rings is 1. The maximum atomic E-state index is 13.8. The molecule has 3 N–H and O–H groups in total. The van der Waals surface area contributed by atoms with Gasteiger partial charge in [0.1, 0.15) is 16.8 Å². The number of benzene rings is 1. The van der Waals surface area contributed by atoms with Gasteiger partial charge >= 0.3 is 0 Å². The van der Waals surface area contributed by atoms with E-state index in [0.29, 0.717) is 12.5 Å². The summed E-state index contributed by atoms with van der Waals surface area (Å²) >= 11 is 0. The minimum absolute atomic E-state index is 0.0551. The highest BCUT2D eigenvalue weighted by molar-refractivity contribution is 7.89. The second-order valence-corrected chi connectivity index (χ2v) is 8.54. The summed E-state index contributed by atoms with van der Waals surface area (Å²) in [5.74, 6) is -1.21. The summed E-state index contributed by atoms with van der Waals surface area (Å²) in [5.41, 5.74) is 0. The van der Waals surface area contributed by atoms with Crippen LogP contribution in [0.5, 0.6) is 0 Å². The molecule has 1 saturated heterocycles. The maximum Gasteiger partial charge on any atom is 0.244 e. The fourth-order valence-electron chi connectivity index (χ4n) is 2.84. The van der Waals surface area contributed by atoms with Gasteiger partial charge in [-0.2, -0.15) is 4.72 Å². The fourth-order valence-corrected chi connectivity index (χ4v) is 4.26. The summed E-state index contributed by atoms with van der Waals surface area (Å²) in [6, 6.07) is 4.09. The standard InChI is InChI=1S/C17H26FN3O3S/c1-11(2)16(17(22)20-14-10-19-9-8-12(14)3)21-25(23,24)15-7-5-4-6-13(15)18/h4-7,11-12,14,16,19,21H,8-10H2,1-3H3,(H,20,22). The van der Waals surface area contributed by atoms with Gasteiger partial charge in [-0.25, -0.2) is 12.8 Å². The van der Waals surface area contributed by atoms with E-state index in [1.807, 2.05) is 0 Å². The largest absolute Gasteiger partial charge is 0.350 e. The highest BCUT2D eigenvalue weighted by Gasteiger charge is 2.32. The number of hydrogen-bond donors (Lipinski definition) is 3. The molecule has 1 aliphatic rings. The zero-order valence-corrected chi connectivity index (χ0v) is 15.6. The van der Waals surface area contributed by atoms with Crippen molar-refractivity contribution >= 4 is 15.9 Å². The predicted molar refractivity (Wildman–Crippen MR) is 93.9 cm³/mol. The summed E-state index contributed by atoms with van der Waals surface area (Å²) in [5, 5.41) is 6.13. The lowest BCUT2D eigenvalue weighted by Crippen LogP contribution is -2.56. The third-order valence-electron chi connectivity index (χ3n) is 4.51. The van der Waals surface area contributed by atoms with Gasteiger partial charge in [0.25, 0.3) is 0 Å². The van der Waals surface area contributed by atoms with E-state index in [4.69, 9.17) is 0 Å². The molecule has 8 heteroatoms. The van der Waals surface area contributed by atoms with Crippen LogP contribution in [0.2, 0.25) is 0 Å². The average Bonchev–Trinajstić information content (AvgIpc) is 2.54. The monoisotopic (exact) mass is 371 g/mol. The quantitative estimate of drug-likeness (QED) is 0.702. The van der Waals surface area contributed by atoms with E-state index in [9.17, 15) is 17.6 Å². The molecule has 6 nitrogen and oxygen atoms in total. The van der Waals surface area contributed by atoms with Crippen LogP contribution < -0.4 is 15.4 Å². The van der Waals surface area contributed by atoms with Crippen LogP contribution >= 0.6 is 0 Å². The number of sulfonamides is 1. The maximum absolute atomic E-state index is 13.8.